The van der Waals surface area contributed by atoms with Gasteiger partial charge in [0.2, 0.25) is 0 Å². The van der Waals surface area contributed by atoms with E-state index in [4.69, 9.17) is 23.8 Å². The van der Waals surface area contributed by atoms with Crippen molar-refractivity contribution >= 4 is 76.2 Å². The molecule has 0 radical (unpaired) electrons. The van der Waals surface area contributed by atoms with Gasteiger partial charge in [-0.3, -0.25) is 0 Å². The first-order chi connectivity index (χ1) is 24.7. The van der Waals surface area contributed by atoms with E-state index in [1.165, 1.54) is 10.8 Å². The van der Waals surface area contributed by atoms with Crippen LogP contribution in [0.5, 0.6) is 0 Å². The lowest BCUT2D eigenvalue weighted by atomic mass is 9.98. The number of aromatic nitrogens is 3. The fraction of sp³-hybridized carbons (Fsp3) is 0. The third-order valence-electron chi connectivity index (χ3n) is 9.88. The van der Waals surface area contributed by atoms with Crippen LogP contribution in [0.25, 0.3) is 110 Å². The standard InChI is InChI=1S/C45H25N3O2/c1-2-9-27-22-30(19-16-26(27)8-1)43-46-44(48-45(47-43)35-12-7-15-40-42(35)34-11-4-6-14-39(34)49-40)31-20-21-32-28(23-31)17-18-29-24-41-37(25-36(29)32)33-10-3-5-13-38(33)50-41/h1-25H. The van der Waals surface area contributed by atoms with Gasteiger partial charge in [-0.05, 0) is 74.8 Å². The molecule has 0 aliphatic rings. The Balaban J connectivity index is 1.13. The van der Waals surface area contributed by atoms with Gasteiger partial charge in [-0.25, -0.2) is 15.0 Å². The summed E-state index contributed by atoms with van der Waals surface area (Å²) in [6.07, 6.45) is 0. The summed E-state index contributed by atoms with van der Waals surface area (Å²) >= 11 is 0. The van der Waals surface area contributed by atoms with Crippen LogP contribution in [0.15, 0.2) is 160 Å². The predicted octanol–water partition coefficient (Wildman–Crippen LogP) is 12.1. The van der Waals surface area contributed by atoms with E-state index in [1.807, 2.05) is 42.5 Å². The Kier molecular flexibility index (Phi) is 5.60. The highest BCUT2D eigenvalue weighted by atomic mass is 16.3. The zero-order valence-electron chi connectivity index (χ0n) is 26.6. The second-order valence-corrected chi connectivity index (χ2v) is 12.8. The first-order valence-electron chi connectivity index (χ1n) is 16.7. The lowest BCUT2D eigenvalue weighted by Crippen LogP contribution is -2.00. The van der Waals surface area contributed by atoms with E-state index in [2.05, 4.69) is 109 Å². The van der Waals surface area contributed by atoms with Gasteiger partial charge in [0.1, 0.15) is 22.3 Å². The highest BCUT2D eigenvalue weighted by molar-refractivity contribution is 6.17. The fourth-order valence-electron chi connectivity index (χ4n) is 7.47. The number of rotatable bonds is 3. The maximum atomic E-state index is 6.24. The van der Waals surface area contributed by atoms with Crippen LogP contribution in [-0.2, 0) is 0 Å². The van der Waals surface area contributed by atoms with Gasteiger partial charge in [0.25, 0.3) is 0 Å². The van der Waals surface area contributed by atoms with E-state index in [0.29, 0.717) is 17.5 Å². The first kappa shape index (κ1) is 27.1. The summed E-state index contributed by atoms with van der Waals surface area (Å²) in [5, 5.41) is 11.2. The Hall–Kier alpha value is -6.85. The summed E-state index contributed by atoms with van der Waals surface area (Å²) in [7, 11) is 0. The van der Waals surface area contributed by atoms with Crippen LogP contribution in [0.1, 0.15) is 0 Å². The number of nitrogens with zero attached hydrogens (tertiary/aromatic N) is 3. The molecule has 8 aromatic carbocycles. The van der Waals surface area contributed by atoms with Crippen LogP contribution in [0, 0.1) is 0 Å². The molecule has 5 heteroatoms. The van der Waals surface area contributed by atoms with Crippen molar-refractivity contribution in [3.8, 4) is 34.2 Å². The van der Waals surface area contributed by atoms with Gasteiger partial charge in [0.15, 0.2) is 17.5 Å². The second-order valence-electron chi connectivity index (χ2n) is 12.8. The number of hydrogen-bond acceptors (Lipinski definition) is 5. The minimum Gasteiger partial charge on any atom is -0.456 e. The van der Waals surface area contributed by atoms with E-state index in [9.17, 15) is 0 Å². The van der Waals surface area contributed by atoms with Crippen LogP contribution in [0.3, 0.4) is 0 Å². The molecule has 0 bridgehead atoms. The quantitative estimate of drug-likeness (QED) is 0.180. The Bertz CT molecular complexity index is 3170. The zero-order valence-corrected chi connectivity index (χ0v) is 26.6. The van der Waals surface area contributed by atoms with E-state index >= 15 is 0 Å². The largest absolute Gasteiger partial charge is 0.456 e. The van der Waals surface area contributed by atoms with Gasteiger partial charge in [-0.15, -0.1) is 0 Å². The van der Waals surface area contributed by atoms with Crippen molar-refractivity contribution in [2.45, 2.75) is 0 Å². The Morgan fingerprint density at radius 3 is 1.76 bits per heavy atom. The van der Waals surface area contributed by atoms with E-state index in [0.717, 1.165) is 82.1 Å². The molecule has 0 saturated heterocycles. The van der Waals surface area contributed by atoms with Gasteiger partial charge < -0.3 is 8.83 Å². The molecule has 0 spiro atoms. The third-order valence-corrected chi connectivity index (χ3v) is 9.88. The lowest BCUT2D eigenvalue weighted by Gasteiger charge is -2.11. The van der Waals surface area contributed by atoms with Crippen LogP contribution in [0.2, 0.25) is 0 Å². The minimum absolute atomic E-state index is 0.600. The van der Waals surface area contributed by atoms with Crippen LogP contribution in [-0.4, -0.2) is 15.0 Å². The molecule has 3 heterocycles. The summed E-state index contributed by atoms with van der Waals surface area (Å²) in [6.45, 7) is 0. The Labute approximate surface area is 285 Å². The number of hydrogen-bond donors (Lipinski definition) is 0. The average Bonchev–Trinajstić information content (AvgIpc) is 3.74. The lowest BCUT2D eigenvalue weighted by molar-refractivity contribution is 0.669. The molecule has 0 amide bonds. The monoisotopic (exact) mass is 639 g/mol. The van der Waals surface area contributed by atoms with Gasteiger partial charge >= 0.3 is 0 Å². The summed E-state index contributed by atoms with van der Waals surface area (Å²) < 4.78 is 12.4. The van der Waals surface area contributed by atoms with Gasteiger partial charge in [-0.1, -0.05) is 109 Å². The molecule has 0 aliphatic carbocycles. The van der Waals surface area contributed by atoms with E-state index in [-0.39, 0.29) is 0 Å². The summed E-state index contributed by atoms with van der Waals surface area (Å²) in [6, 6.07) is 52.3. The second kappa shape index (κ2) is 10.3. The first-order valence-corrected chi connectivity index (χ1v) is 16.7. The number of furan rings is 2. The Morgan fingerprint density at radius 2 is 0.920 bits per heavy atom. The summed E-state index contributed by atoms with van der Waals surface area (Å²) in [5.41, 5.74) is 6.19. The molecule has 50 heavy (non-hydrogen) atoms. The molecule has 0 aliphatic heterocycles. The molecule has 3 aromatic heterocycles. The topological polar surface area (TPSA) is 65.0 Å². The van der Waals surface area contributed by atoms with Crippen molar-refractivity contribution in [1.82, 2.24) is 15.0 Å². The maximum absolute atomic E-state index is 6.24. The molecule has 11 aromatic rings. The number of benzene rings is 8. The molecule has 11 rings (SSSR count). The van der Waals surface area contributed by atoms with Crippen molar-refractivity contribution in [3.63, 3.8) is 0 Å². The molecule has 5 nitrogen and oxygen atoms in total. The molecule has 0 saturated carbocycles. The summed E-state index contributed by atoms with van der Waals surface area (Å²) in [4.78, 5) is 15.4. The molecule has 0 atom stereocenters. The Morgan fingerprint density at radius 1 is 0.320 bits per heavy atom. The number of para-hydroxylation sites is 2. The predicted molar refractivity (Wildman–Crippen MR) is 203 cm³/mol. The molecule has 232 valence electrons. The van der Waals surface area contributed by atoms with Crippen molar-refractivity contribution in [2.75, 3.05) is 0 Å². The third kappa shape index (κ3) is 4.10. The van der Waals surface area contributed by atoms with Crippen LogP contribution >= 0.6 is 0 Å². The molecular formula is C45H25N3O2. The summed E-state index contributed by atoms with van der Waals surface area (Å²) in [5.74, 6) is 1.83. The zero-order chi connectivity index (χ0) is 32.8. The normalized spacial score (nSPS) is 12.0. The SMILES string of the molecule is c1ccc2cc(-c3nc(-c4ccc5c(ccc6cc7oc8ccccc8c7cc65)c4)nc(-c4cccc5oc6ccccc6c45)n3)ccc2c1. The minimum atomic E-state index is 0.600. The van der Waals surface area contributed by atoms with Crippen LogP contribution < -0.4 is 0 Å². The highest BCUT2D eigenvalue weighted by Gasteiger charge is 2.18. The van der Waals surface area contributed by atoms with Crippen molar-refractivity contribution in [3.05, 3.63) is 152 Å². The van der Waals surface area contributed by atoms with Crippen molar-refractivity contribution in [2.24, 2.45) is 0 Å². The van der Waals surface area contributed by atoms with Gasteiger partial charge in [0.05, 0.1) is 0 Å². The average molecular weight is 640 g/mol. The molecule has 0 unspecified atom stereocenters. The molecular weight excluding hydrogens is 615 g/mol. The molecule has 0 fully saturated rings. The van der Waals surface area contributed by atoms with E-state index < -0.39 is 0 Å². The van der Waals surface area contributed by atoms with E-state index in [1.54, 1.807) is 0 Å². The van der Waals surface area contributed by atoms with Crippen molar-refractivity contribution in [1.29, 1.82) is 0 Å². The van der Waals surface area contributed by atoms with Gasteiger partial charge in [-0.2, -0.15) is 0 Å². The van der Waals surface area contributed by atoms with Gasteiger partial charge in [0, 0.05) is 38.2 Å². The highest BCUT2D eigenvalue weighted by Crippen LogP contribution is 2.38. The van der Waals surface area contributed by atoms with Crippen molar-refractivity contribution < 1.29 is 8.83 Å². The number of fused-ring (bicyclic) bond motifs is 10. The van der Waals surface area contributed by atoms with Crippen LogP contribution in [0.4, 0.5) is 0 Å². The maximum Gasteiger partial charge on any atom is 0.164 e. The fourth-order valence-corrected chi connectivity index (χ4v) is 7.47. The smallest absolute Gasteiger partial charge is 0.164 e. The molecule has 0 N–H and O–H groups in total.